The van der Waals surface area contributed by atoms with Crippen LogP contribution in [0.4, 0.5) is 13.2 Å². The Morgan fingerprint density at radius 1 is 1.12 bits per heavy atom. The van der Waals surface area contributed by atoms with Crippen molar-refractivity contribution in [2.45, 2.75) is 12.6 Å². The summed E-state index contributed by atoms with van der Waals surface area (Å²) in [5.74, 6) is -0.0899. The van der Waals surface area contributed by atoms with Gasteiger partial charge >= 0.3 is 12.1 Å². The molecule has 2 rings (SSSR count). The van der Waals surface area contributed by atoms with E-state index in [1.807, 2.05) is 0 Å². The van der Waals surface area contributed by atoms with Crippen LogP contribution in [0.15, 0.2) is 42.5 Å². The first-order valence-electron chi connectivity index (χ1n) is 7.45. The molecule has 0 radical (unpaired) electrons. The van der Waals surface area contributed by atoms with Crippen molar-refractivity contribution in [1.29, 1.82) is 0 Å². The highest BCUT2D eigenvalue weighted by Crippen LogP contribution is 2.34. The average Bonchev–Trinajstić information content (AvgIpc) is 2.60. The number of hydrogen-bond acceptors (Lipinski definition) is 3. The molecule has 0 fully saturated rings. The predicted octanol–water partition coefficient (Wildman–Crippen LogP) is 5.32. The smallest absolute Gasteiger partial charge is 0.416 e. The summed E-state index contributed by atoms with van der Waals surface area (Å²) >= 11 is 3.30. The van der Waals surface area contributed by atoms with Crippen molar-refractivity contribution in [2.75, 3.05) is 19.0 Å². The van der Waals surface area contributed by atoms with Gasteiger partial charge in [-0.2, -0.15) is 13.2 Å². The van der Waals surface area contributed by atoms with Crippen molar-refractivity contribution < 1.29 is 27.4 Å². The number of benzene rings is 2. The van der Waals surface area contributed by atoms with Gasteiger partial charge in [-0.05, 0) is 42.3 Å². The maximum Gasteiger partial charge on any atom is 0.416 e. The molecule has 0 spiro atoms. The van der Waals surface area contributed by atoms with Crippen LogP contribution in [0, 0.1) is 0 Å². The number of ether oxygens (including phenoxy) is 2. The maximum atomic E-state index is 12.7. The molecule has 2 aromatic carbocycles. The Balaban J connectivity index is 2.39. The molecular weight excluding hydrogens is 401 g/mol. The highest BCUT2D eigenvalue weighted by molar-refractivity contribution is 9.09. The van der Waals surface area contributed by atoms with Crippen LogP contribution in [0.3, 0.4) is 0 Å². The molecule has 0 aliphatic heterocycles. The van der Waals surface area contributed by atoms with Crippen LogP contribution in [0.5, 0.6) is 5.75 Å². The van der Waals surface area contributed by atoms with Gasteiger partial charge in [-0.1, -0.05) is 28.1 Å². The number of rotatable bonds is 6. The van der Waals surface area contributed by atoms with Crippen molar-refractivity contribution in [3.8, 4) is 16.9 Å². The van der Waals surface area contributed by atoms with Crippen molar-refractivity contribution in [1.82, 2.24) is 0 Å². The van der Waals surface area contributed by atoms with Gasteiger partial charge in [0.2, 0.25) is 0 Å². The lowest BCUT2D eigenvalue weighted by Crippen LogP contribution is -2.05. The molecule has 0 heterocycles. The van der Waals surface area contributed by atoms with Crippen molar-refractivity contribution >= 4 is 21.9 Å². The topological polar surface area (TPSA) is 35.5 Å². The molecule has 2 aromatic rings. The van der Waals surface area contributed by atoms with E-state index in [4.69, 9.17) is 4.74 Å². The van der Waals surface area contributed by atoms with Crippen LogP contribution in [-0.2, 0) is 10.9 Å². The predicted molar refractivity (Wildman–Crippen MR) is 92.1 cm³/mol. The lowest BCUT2D eigenvalue weighted by Gasteiger charge is -2.14. The summed E-state index contributed by atoms with van der Waals surface area (Å²) in [6.45, 7) is 0.406. The first kappa shape index (κ1) is 19.3. The third-order valence-corrected chi connectivity index (χ3v) is 4.02. The maximum absolute atomic E-state index is 12.7. The van der Waals surface area contributed by atoms with Crippen LogP contribution in [0.2, 0.25) is 0 Å². The molecule has 0 aliphatic carbocycles. The van der Waals surface area contributed by atoms with E-state index in [-0.39, 0.29) is 0 Å². The van der Waals surface area contributed by atoms with Crippen molar-refractivity contribution in [3.63, 3.8) is 0 Å². The summed E-state index contributed by atoms with van der Waals surface area (Å²) in [4.78, 5) is 11.7. The molecule has 0 amide bonds. The number of alkyl halides is 4. The fourth-order valence-electron chi connectivity index (χ4n) is 2.20. The van der Waals surface area contributed by atoms with Crippen LogP contribution < -0.4 is 4.74 Å². The first-order valence-corrected chi connectivity index (χ1v) is 8.57. The van der Waals surface area contributed by atoms with Gasteiger partial charge in [-0.25, -0.2) is 4.79 Å². The van der Waals surface area contributed by atoms with Crippen LogP contribution in [0.1, 0.15) is 22.3 Å². The van der Waals surface area contributed by atoms with Gasteiger partial charge in [0.1, 0.15) is 5.75 Å². The van der Waals surface area contributed by atoms with E-state index in [0.717, 1.165) is 23.9 Å². The molecule has 0 saturated carbocycles. The molecule has 25 heavy (non-hydrogen) atoms. The summed E-state index contributed by atoms with van der Waals surface area (Å²) in [5, 5.41) is 0.749. The Morgan fingerprint density at radius 3 is 2.36 bits per heavy atom. The average molecular weight is 417 g/mol. The lowest BCUT2D eigenvalue weighted by atomic mass is 10.0. The second-order valence-corrected chi connectivity index (χ2v) is 5.96. The first-order chi connectivity index (χ1) is 11.9. The minimum Gasteiger partial charge on any atom is -0.493 e. The van der Waals surface area contributed by atoms with E-state index in [9.17, 15) is 18.0 Å². The summed E-state index contributed by atoms with van der Waals surface area (Å²) in [7, 11) is 1.28. The second-order valence-electron chi connectivity index (χ2n) is 5.17. The van der Waals surface area contributed by atoms with Gasteiger partial charge in [0.05, 0.1) is 24.8 Å². The van der Waals surface area contributed by atoms with Gasteiger partial charge in [0.25, 0.3) is 0 Å². The fourth-order valence-corrected chi connectivity index (χ4v) is 2.43. The molecule has 0 bridgehead atoms. The highest BCUT2D eigenvalue weighted by Gasteiger charge is 2.30. The van der Waals surface area contributed by atoms with Crippen LogP contribution >= 0.6 is 15.9 Å². The van der Waals surface area contributed by atoms with Gasteiger partial charge in [-0.3, -0.25) is 0 Å². The van der Waals surface area contributed by atoms with Gasteiger partial charge in [0, 0.05) is 10.9 Å². The molecule has 0 aromatic heterocycles. The Kier molecular flexibility index (Phi) is 6.47. The Hall–Kier alpha value is -2.02. The minimum atomic E-state index is -4.39. The molecule has 7 heteroatoms. The number of esters is 1. The van der Waals surface area contributed by atoms with Gasteiger partial charge < -0.3 is 9.47 Å². The molecular formula is C18H16BrF3O3. The van der Waals surface area contributed by atoms with Crippen LogP contribution in [-0.4, -0.2) is 25.0 Å². The van der Waals surface area contributed by atoms with E-state index >= 15 is 0 Å². The molecule has 0 atom stereocenters. The lowest BCUT2D eigenvalue weighted by molar-refractivity contribution is -0.137. The molecule has 3 nitrogen and oxygen atoms in total. The van der Waals surface area contributed by atoms with Gasteiger partial charge in [-0.15, -0.1) is 0 Å². The Labute approximate surface area is 151 Å². The fraction of sp³-hybridized carbons (Fsp3) is 0.278. The SMILES string of the molecule is COC(=O)c1ccc(-c2ccc(C(F)(F)F)cc2)c(OCCCBr)c1. The monoisotopic (exact) mass is 416 g/mol. The van der Waals surface area contributed by atoms with E-state index in [0.29, 0.717) is 29.0 Å². The molecule has 0 N–H and O–H groups in total. The number of carbonyl (C=O) groups excluding carboxylic acids is 1. The highest BCUT2D eigenvalue weighted by atomic mass is 79.9. The third-order valence-electron chi connectivity index (χ3n) is 3.46. The van der Waals surface area contributed by atoms with Crippen LogP contribution in [0.25, 0.3) is 11.1 Å². The zero-order chi connectivity index (χ0) is 18.4. The zero-order valence-corrected chi connectivity index (χ0v) is 15.0. The summed E-state index contributed by atoms with van der Waals surface area (Å²) in [6.07, 6.45) is -3.64. The molecule has 134 valence electrons. The summed E-state index contributed by atoms with van der Waals surface area (Å²) in [5.41, 5.74) is 0.769. The zero-order valence-electron chi connectivity index (χ0n) is 13.4. The van der Waals surface area contributed by atoms with Crippen molar-refractivity contribution in [3.05, 3.63) is 53.6 Å². The standard InChI is InChI=1S/C18H16BrF3O3/c1-24-17(23)13-5-8-15(16(11-13)25-10-2-9-19)12-3-6-14(7-4-12)18(20,21)22/h3-8,11H,2,9-10H2,1H3. The van der Waals surface area contributed by atoms with E-state index in [1.165, 1.54) is 25.3 Å². The third kappa shape index (κ3) is 4.98. The summed E-state index contributed by atoms with van der Waals surface area (Å²) in [6, 6.07) is 9.53. The number of halogens is 4. The largest absolute Gasteiger partial charge is 0.493 e. The molecule has 0 unspecified atom stereocenters. The van der Waals surface area contributed by atoms with Crippen molar-refractivity contribution in [2.24, 2.45) is 0 Å². The quantitative estimate of drug-likeness (QED) is 0.363. The molecule has 0 aliphatic rings. The van der Waals surface area contributed by atoms with Gasteiger partial charge in [0.15, 0.2) is 0 Å². The minimum absolute atomic E-state index is 0.312. The normalized spacial score (nSPS) is 11.2. The second kappa shape index (κ2) is 8.38. The van der Waals surface area contributed by atoms with E-state index in [2.05, 4.69) is 20.7 Å². The number of methoxy groups -OCH3 is 1. The summed E-state index contributed by atoms with van der Waals surface area (Å²) < 4.78 is 48.5. The number of hydrogen-bond donors (Lipinski definition) is 0. The molecule has 0 saturated heterocycles. The number of carbonyl (C=O) groups is 1. The van der Waals surface area contributed by atoms with E-state index in [1.54, 1.807) is 12.1 Å². The Bertz CT molecular complexity index is 727. The van der Waals surface area contributed by atoms with E-state index < -0.39 is 17.7 Å². The Morgan fingerprint density at radius 2 is 1.80 bits per heavy atom.